The highest BCUT2D eigenvalue weighted by Crippen LogP contribution is 2.32. The van der Waals surface area contributed by atoms with Gasteiger partial charge < -0.3 is 4.90 Å². The predicted molar refractivity (Wildman–Crippen MR) is 87.6 cm³/mol. The Bertz CT molecular complexity index is 708. The Morgan fingerprint density at radius 3 is 2.71 bits per heavy atom. The Labute approximate surface area is 129 Å². The molecule has 1 amide bonds. The summed E-state index contributed by atoms with van der Waals surface area (Å²) in [6.07, 6.45) is 4.28. The van der Waals surface area contributed by atoms with Crippen LogP contribution < -0.4 is 4.90 Å². The Hall–Kier alpha value is -2.06. The van der Waals surface area contributed by atoms with Crippen LogP contribution in [0, 0.1) is 0 Å². The largest absolute Gasteiger partial charge is 0.305 e. The summed E-state index contributed by atoms with van der Waals surface area (Å²) >= 11 is 6.10. The lowest BCUT2D eigenvalue weighted by molar-refractivity contribution is -0.114. The summed E-state index contributed by atoms with van der Waals surface area (Å²) in [4.78, 5) is 14.3. The van der Waals surface area contributed by atoms with E-state index in [-0.39, 0.29) is 11.9 Å². The summed E-state index contributed by atoms with van der Waals surface area (Å²) in [6.45, 7) is 2.07. The van der Waals surface area contributed by atoms with Crippen molar-refractivity contribution in [3.8, 4) is 0 Å². The molecule has 0 N–H and O–H groups in total. The number of nitrogens with zero attached hydrogens (tertiary/aromatic N) is 1. The van der Waals surface area contributed by atoms with E-state index in [4.69, 9.17) is 11.6 Å². The Morgan fingerprint density at radius 1 is 1.19 bits per heavy atom. The molecule has 1 unspecified atom stereocenters. The van der Waals surface area contributed by atoms with Crippen LogP contribution in [0.5, 0.6) is 0 Å². The molecule has 0 saturated heterocycles. The van der Waals surface area contributed by atoms with Gasteiger partial charge in [0, 0.05) is 22.8 Å². The van der Waals surface area contributed by atoms with E-state index in [2.05, 4.69) is 13.0 Å². The van der Waals surface area contributed by atoms with E-state index in [1.807, 2.05) is 47.4 Å². The monoisotopic (exact) mass is 297 g/mol. The average molecular weight is 298 g/mol. The molecule has 0 saturated carbocycles. The first kappa shape index (κ1) is 13.9. The molecule has 3 heteroatoms. The predicted octanol–water partition coefficient (Wildman–Crippen LogP) is 4.33. The number of carbonyl (C=O) groups excluding carboxylic acids is 1. The van der Waals surface area contributed by atoms with E-state index in [9.17, 15) is 4.79 Å². The molecule has 3 rings (SSSR count). The van der Waals surface area contributed by atoms with Crippen LogP contribution in [0.2, 0.25) is 5.02 Å². The van der Waals surface area contributed by atoms with Crippen LogP contribution in [-0.4, -0.2) is 11.9 Å². The Balaban J connectivity index is 1.85. The summed E-state index contributed by atoms with van der Waals surface area (Å²) < 4.78 is 0. The minimum Gasteiger partial charge on any atom is -0.305 e. The highest BCUT2D eigenvalue weighted by molar-refractivity contribution is 6.32. The summed E-state index contributed by atoms with van der Waals surface area (Å²) in [5, 5.41) is 0.649. The highest BCUT2D eigenvalue weighted by atomic mass is 35.5. The minimum absolute atomic E-state index is 0.00707. The summed E-state index contributed by atoms with van der Waals surface area (Å²) in [6, 6.07) is 15.7. The normalized spacial score (nSPS) is 17.2. The van der Waals surface area contributed by atoms with Gasteiger partial charge in [-0.3, -0.25) is 4.79 Å². The van der Waals surface area contributed by atoms with Crippen molar-refractivity contribution in [1.82, 2.24) is 0 Å². The number of hydrogen-bond acceptors (Lipinski definition) is 1. The van der Waals surface area contributed by atoms with Gasteiger partial charge in [-0.15, -0.1) is 0 Å². The van der Waals surface area contributed by atoms with Crippen molar-refractivity contribution in [2.24, 2.45) is 0 Å². The van der Waals surface area contributed by atoms with Crippen molar-refractivity contribution in [3.63, 3.8) is 0 Å². The smallest absolute Gasteiger partial charge is 0.251 e. The molecule has 2 nitrogen and oxygen atoms in total. The Kier molecular flexibility index (Phi) is 3.80. The van der Waals surface area contributed by atoms with Crippen molar-refractivity contribution < 1.29 is 4.79 Å². The standard InChI is InChI=1S/C18H16ClNO/c1-13-12-15-7-3-5-9-17(15)20(13)18(21)11-10-14-6-2-4-8-16(14)19/h2-11,13H,12H2,1H3/b11-10+. The average Bonchev–Trinajstić information content (AvgIpc) is 2.82. The first-order chi connectivity index (χ1) is 10.2. The number of fused-ring (bicyclic) bond motifs is 1. The van der Waals surface area contributed by atoms with E-state index >= 15 is 0 Å². The van der Waals surface area contributed by atoms with Crippen molar-refractivity contribution in [1.29, 1.82) is 0 Å². The molecule has 0 bridgehead atoms. The molecule has 1 aliphatic rings. The van der Waals surface area contributed by atoms with Crippen molar-refractivity contribution in [3.05, 3.63) is 70.8 Å². The first-order valence-corrected chi connectivity index (χ1v) is 7.38. The number of rotatable bonds is 2. The van der Waals surface area contributed by atoms with Crippen LogP contribution in [0.4, 0.5) is 5.69 Å². The van der Waals surface area contributed by atoms with E-state index in [1.54, 1.807) is 12.2 Å². The van der Waals surface area contributed by atoms with Gasteiger partial charge in [-0.25, -0.2) is 0 Å². The zero-order valence-corrected chi connectivity index (χ0v) is 12.5. The lowest BCUT2D eigenvalue weighted by Gasteiger charge is -2.21. The van der Waals surface area contributed by atoms with Crippen LogP contribution in [0.25, 0.3) is 6.08 Å². The fraction of sp³-hybridized carbons (Fsp3) is 0.167. The van der Waals surface area contributed by atoms with Crippen LogP contribution >= 0.6 is 11.6 Å². The molecular weight excluding hydrogens is 282 g/mol. The van der Waals surface area contributed by atoms with E-state index in [0.717, 1.165) is 17.7 Å². The van der Waals surface area contributed by atoms with E-state index in [1.165, 1.54) is 5.56 Å². The van der Waals surface area contributed by atoms with Gasteiger partial charge in [-0.2, -0.15) is 0 Å². The Morgan fingerprint density at radius 2 is 1.90 bits per heavy atom. The first-order valence-electron chi connectivity index (χ1n) is 7.00. The maximum atomic E-state index is 12.5. The molecular formula is C18H16ClNO. The second-order valence-electron chi connectivity index (χ2n) is 5.24. The second kappa shape index (κ2) is 5.74. The van der Waals surface area contributed by atoms with Crippen LogP contribution in [0.3, 0.4) is 0 Å². The van der Waals surface area contributed by atoms with Gasteiger partial charge >= 0.3 is 0 Å². The third-order valence-electron chi connectivity index (χ3n) is 3.76. The number of carbonyl (C=O) groups is 1. The number of amides is 1. The quantitative estimate of drug-likeness (QED) is 0.756. The van der Waals surface area contributed by atoms with E-state index < -0.39 is 0 Å². The number of hydrogen-bond donors (Lipinski definition) is 0. The van der Waals surface area contributed by atoms with Gasteiger partial charge in [-0.05, 0) is 42.7 Å². The number of anilines is 1. The molecule has 1 atom stereocenters. The fourth-order valence-electron chi connectivity index (χ4n) is 2.75. The molecule has 0 aliphatic carbocycles. The van der Waals surface area contributed by atoms with Gasteiger partial charge in [0.05, 0.1) is 0 Å². The molecule has 0 aromatic heterocycles. The molecule has 0 radical (unpaired) electrons. The molecule has 21 heavy (non-hydrogen) atoms. The number of para-hydroxylation sites is 1. The van der Waals surface area contributed by atoms with Crippen LogP contribution in [-0.2, 0) is 11.2 Å². The van der Waals surface area contributed by atoms with Crippen LogP contribution in [0.15, 0.2) is 54.6 Å². The van der Waals surface area contributed by atoms with Gasteiger partial charge in [-0.1, -0.05) is 48.0 Å². The highest BCUT2D eigenvalue weighted by Gasteiger charge is 2.29. The van der Waals surface area contributed by atoms with E-state index in [0.29, 0.717) is 5.02 Å². The maximum absolute atomic E-state index is 12.5. The van der Waals surface area contributed by atoms with Crippen LogP contribution in [0.1, 0.15) is 18.1 Å². The van der Waals surface area contributed by atoms with Gasteiger partial charge in [0.1, 0.15) is 0 Å². The third kappa shape index (κ3) is 2.72. The lowest BCUT2D eigenvalue weighted by atomic mass is 10.1. The fourth-order valence-corrected chi connectivity index (χ4v) is 2.95. The third-order valence-corrected chi connectivity index (χ3v) is 4.10. The topological polar surface area (TPSA) is 20.3 Å². The summed E-state index contributed by atoms with van der Waals surface area (Å²) in [5.74, 6) is -0.00707. The van der Waals surface area contributed by atoms with Gasteiger partial charge in [0.25, 0.3) is 5.91 Å². The molecule has 1 heterocycles. The minimum atomic E-state index is -0.00707. The molecule has 1 aliphatic heterocycles. The molecule has 0 spiro atoms. The van der Waals surface area contributed by atoms with Crippen molar-refractivity contribution >= 4 is 29.3 Å². The zero-order valence-electron chi connectivity index (χ0n) is 11.8. The second-order valence-corrected chi connectivity index (χ2v) is 5.65. The summed E-state index contributed by atoms with van der Waals surface area (Å²) in [5.41, 5.74) is 3.09. The number of benzene rings is 2. The zero-order chi connectivity index (χ0) is 14.8. The SMILES string of the molecule is CC1Cc2ccccc2N1C(=O)/C=C/c1ccccc1Cl. The molecule has 0 fully saturated rings. The van der Waals surface area contributed by atoms with Gasteiger partial charge in [0.2, 0.25) is 0 Å². The van der Waals surface area contributed by atoms with Crippen molar-refractivity contribution in [2.75, 3.05) is 4.90 Å². The maximum Gasteiger partial charge on any atom is 0.251 e. The molecule has 2 aromatic rings. The molecule has 106 valence electrons. The summed E-state index contributed by atoms with van der Waals surface area (Å²) in [7, 11) is 0. The molecule has 2 aromatic carbocycles. The lowest BCUT2D eigenvalue weighted by Crippen LogP contribution is -2.34. The van der Waals surface area contributed by atoms with Gasteiger partial charge in [0.15, 0.2) is 0 Å². The number of halogens is 1. The van der Waals surface area contributed by atoms with Crippen molar-refractivity contribution in [2.45, 2.75) is 19.4 Å².